The van der Waals surface area contributed by atoms with Gasteiger partial charge in [-0.3, -0.25) is 9.48 Å². The highest BCUT2D eigenvalue weighted by atomic mass is 16.5. The highest BCUT2D eigenvalue weighted by molar-refractivity contribution is 5.92. The molecule has 0 aliphatic rings. The Balaban J connectivity index is 1.92. The largest absolute Gasteiger partial charge is 0.486 e. The number of hydrogen-bond donors (Lipinski definition) is 1. The molecule has 0 saturated carbocycles. The highest BCUT2D eigenvalue weighted by Crippen LogP contribution is 2.12. The molecule has 2 N–H and O–H groups in total. The molecule has 5 heteroatoms. The molecule has 0 unspecified atom stereocenters. The van der Waals surface area contributed by atoms with E-state index in [9.17, 15) is 4.79 Å². The lowest BCUT2D eigenvalue weighted by molar-refractivity contribution is 0.1000. The summed E-state index contributed by atoms with van der Waals surface area (Å²) in [7, 11) is 0. The van der Waals surface area contributed by atoms with Gasteiger partial charge in [0.2, 0.25) is 5.91 Å². The van der Waals surface area contributed by atoms with Crippen molar-refractivity contribution in [1.29, 1.82) is 0 Å². The van der Waals surface area contributed by atoms with Crippen LogP contribution in [0.2, 0.25) is 0 Å². The molecule has 0 spiro atoms. The lowest BCUT2D eigenvalue weighted by Crippen LogP contribution is -2.10. The van der Waals surface area contributed by atoms with Gasteiger partial charge in [-0.25, -0.2) is 0 Å². The third-order valence-corrected chi connectivity index (χ3v) is 2.71. The molecule has 0 bridgehead atoms. The predicted molar refractivity (Wildman–Crippen MR) is 71.8 cm³/mol. The number of ether oxygens (including phenoxy) is 1. The number of primary amides is 1. The maximum absolute atomic E-state index is 10.9. The van der Waals surface area contributed by atoms with Gasteiger partial charge in [-0.2, -0.15) is 5.10 Å². The van der Waals surface area contributed by atoms with Crippen molar-refractivity contribution >= 4 is 5.91 Å². The SMILES string of the molecule is CCCn1cc(OCc2ccc(C(N)=O)cc2)cn1. The molecule has 1 aromatic carbocycles. The number of aromatic nitrogens is 2. The Labute approximate surface area is 112 Å². The molecular formula is C14H17N3O2. The van der Waals surface area contributed by atoms with Gasteiger partial charge in [0, 0.05) is 12.1 Å². The summed E-state index contributed by atoms with van der Waals surface area (Å²) in [6, 6.07) is 7.05. The monoisotopic (exact) mass is 259 g/mol. The number of carbonyl (C=O) groups excluding carboxylic acids is 1. The van der Waals surface area contributed by atoms with Crippen LogP contribution in [0.1, 0.15) is 29.3 Å². The Kier molecular flexibility index (Phi) is 4.18. The van der Waals surface area contributed by atoms with Gasteiger partial charge >= 0.3 is 0 Å². The molecule has 2 aromatic rings. The Hall–Kier alpha value is -2.30. The number of rotatable bonds is 6. The summed E-state index contributed by atoms with van der Waals surface area (Å²) in [6.45, 7) is 3.43. The van der Waals surface area contributed by atoms with Crippen molar-refractivity contribution < 1.29 is 9.53 Å². The summed E-state index contributed by atoms with van der Waals surface area (Å²) in [5.74, 6) is 0.320. The average Bonchev–Trinajstić information content (AvgIpc) is 2.85. The molecule has 0 radical (unpaired) electrons. The molecule has 1 heterocycles. The molecule has 5 nitrogen and oxygen atoms in total. The molecule has 0 fully saturated rings. The maximum Gasteiger partial charge on any atom is 0.248 e. The number of aryl methyl sites for hydroxylation is 1. The minimum absolute atomic E-state index is 0.423. The second-order valence-electron chi connectivity index (χ2n) is 4.29. The van der Waals surface area contributed by atoms with Crippen LogP contribution in [0.3, 0.4) is 0 Å². The average molecular weight is 259 g/mol. The first-order valence-corrected chi connectivity index (χ1v) is 6.23. The number of hydrogen-bond acceptors (Lipinski definition) is 3. The quantitative estimate of drug-likeness (QED) is 0.862. The zero-order valence-electron chi connectivity index (χ0n) is 10.9. The van der Waals surface area contributed by atoms with Crippen molar-refractivity contribution in [3.05, 3.63) is 47.8 Å². The molecule has 100 valence electrons. The van der Waals surface area contributed by atoms with Crippen LogP contribution < -0.4 is 10.5 Å². The van der Waals surface area contributed by atoms with Gasteiger partial charge in [0.1, 0.15) is 6.61 Å². The standard InChI is InChI=1S/C14H17N3O2/c1-2-7-17-9-13(8-16-17)19-10-11-3-5-12(6-4-11)14(15)18/h3-6,8-9H,2,7,10H2,1H3,(H2,15,18). The van der Waals surface area contributed by atoms with Gasteiger partial charge in [-0.15, -0.1) is 0 Å². The maximum atomic E-state index is 10.9. The molecule has 2 rings (SSSR count). The lowest BCUT2D eigenvalue weighted by atomic mass is 10.1. The van der Waals surface area contributed by atoms with Crippen LogP contribution in [0.4, 0.5) is 0 Å². The molecule has 1 aromatic heterocycles. The van der Waals surface area contributed by atoms with Gasteiger partial charge in [-0.05, 0) is 24.1 Å². The first kappa shape index (κ1) is 13.1. The summed E-state index contributed by atoms with van der Waals surface area (Å²) < 4.78 is 7.47. The van der Waals surface area contributed by atoms with Crippen LogP contribution in [0.25, 0.3) is 0 Å². The predicted octanol–water partition coefficient (Wildman–Crippen LogP) is 1.97. The minimum atomic E-state index is -0.423. The van der Waals surface area contributed by atoms with E-state index in [1.807, 2.05) is 23.0 Å². The van der Waals surface area contributed by atoms with Crippen molar-refractivity contribution in [2.24, 2.45) is 5.73 Å². The van der Waals surface area contributed by atoms with Crippen molar-refractivity contribution in [2.45, 2.75) is 26.5 Å². The van der Waals surface area contributed by atoms with Crippen molar-refractivity contribution in [1.82, 2.24) is 9.78 Å². The topological polar surface area (TPSA) is 70.1 Å². The summed E-state index contributed by atoms with van der Waals surface area (Å²) >= 11 is 0. The molecular weight excluding hydrogens is 242 g/mol. The van der Waals surface area contributed by atoms with Crippen LogP contribution in [-0.2, 0) is 13.2 Å². The molecule has 19 heavy (non-hydrogen) atoms. The van der Waals surface area contributed by atoms with Gasteiger partial charge in [-0.1, -0.05) is 19.1 Å². The summed E-state index contributed by atoms with van der Waals surface area (Å²) in [5.41, 5.74) is 6.66. The van der Waals surface area contributed by atoms with Crippen LogP contribution in [0, 0.1) is 0 Å². The fourth-order valence-corrected chi connectivity index (χ4v) is 1.70. The summed E-state index contributed by atoms with van der Waals surface area (Å²) in [4.78, 5) is 10.9. The number of benzene rings is 1. The number of nitrogens with zero attached hydrogens (tertiary/aromatic N) is 2. The number of amides is 1. The molecule has 0 atom stereocenters. The zero-order valence-corrected chi connectivity index (χ0v) is 10.9. The Bertz CT molecular complexity index is 546. The normalized spacial score (nSPS) is 10.4. The van der Waals surface area contributed by atoms with Gasteiger partial charge in [0.25, 0.3) is 0 Å². The van der Waals surface area contributed by atoms with E-state index < -0.39 is 5.91 Å². The fourth-order valence-electron chi connectivity index (χ4n) is 1.70. The van der Waals surface area contributed by atoms with E-state index in [0.717, 1.165) is 24.3 Å². The third-order valence-electron chi connectivity index (χ3n) is 2.71. The second-order valence-corrected chi connectivity index (χ2v) is 4.29. The Morgan fingerprint density at radius 1 is 1.37 bits per heavy atom. The zero-order chi connectivity index (χ0) is 13.7. The molecule has 0 aliphatic heterocycles. The second kappa shape index (κ2) is 6.04. The van der Waals surface area contributed by atoms with Crippen LogP contribution in [0.5, 0.6) is 5.75 Å². The van der Waals surface area contributed by atoms with E-state index in [-0.39, 0.29) is 0 Å². The molecule has 0 aliphatic carbocycles. The number of carbonyl (C=O) groups is 1. The van der Waals surface area contributed by atoms with Crippen LogP contribution >= 0.6 is 0 Å². The smallest absolute Gasteiger partial charge is 0.248 e. The van der Waals surface area contributed by atoms with Crippen LogP contribution in [0.15, 0.2) is 36.7 Å². The molecule has 1 amide bonds. The first-order valence-electron chi connectivity index (χ1n) is 6.23. The first-order chi connectivity index (χ1) is 9.19. The molecule has 0 saturated heterocycles. The van der Waals surface area contributed by atoms with Crippen molar-refractivity contribution in [3.63, 3.8) is 0 Å². The highest BCUT2D eigenvalue weighted by Gasteiger charge is 2.02. The van der Waals surface area contributed by atoms with Crippen LogP contribution in [-0.4, -0.2) is 15.7 Å². The summed E-state index contributed by atoms with van der Waals surface area (Å²) in [5, 5.41) is 4.19. The van der Waals surface area contributed by atoms with E-state index in [4.69, 9.17) is 10.5 Å². The van der Waals surface area contributed by atoms with E-state index >= 15 is 0 Å². The Morgan fingerprint density at radius 3 is 2.74 bits per heavy atom. The van der Waals surface area contributed by atoms with Gasteiger partial charge in [0.05, 0.1) is 12.4 Å². The van der Waals surface area contributed by atoms with Gasteiger partial charge in [0.15, 0.2) is 5.75 Å². The van der Waals surface area contributed by atoms with Crippen molar-refractivity contribution in [3.8, 4) is 5.75 Å². The van der Waals surface area contributed by atoms with E-state index in [0.29, 0.717) is 12.2 Å². The van der Waals surface area contributed by atoms with E-state index in [2.05, 4.69) is 12.0 Å². The van der Waals surface area contributed by atoms with Crippen molar-refractivity contribution in [2.75, 3.05) is 0 Å². The lowest BCUT2D eigenvalue weighted by Gasteiger charge is -2.04. The minimum Gasteiger partial charge on any atom is -0.486 e. The fraction of sp³-hybridized carbons (Fsp3) is 0.286. The van der Waals surface area contributed by atoms with E-state index in [1.165, 1.54) is 0 Å². The van der Waals surface area contributed by atoms with E-state index in [1.54, 1.807) is 18.3 Å². The number of nitrogens with two attached hydrogens (primary N) is 1. The summed E-state index contributed by atoms with van der Waals surface area (Å²) in [6.07, 6.45) is 4.62. The third kappa shape index (κ3) is 3.58. The Morgan fingerprint density at radius 2 is 2.11 bits per heavy atom. The van der Waals surface area contributed by atoms with Gasteiger partial charge < -0.3 is 10.5 Å².